The Morgan fingerprint density at radius 2 is 2.00 bits per heavy atom. The highest BCUT2D eigenvalue weighted by Crippen LogP contribution is 2.36. The molecule has 0 aromatic carbocycles. The molecule has 1 aromatic rings. The normalized spacial score (nSPS) is 19.2. The van der Waals surface area contributed by atoms with Crippen molar-refractivity contribution in [2.24, 2.45) is 5.41 Å². The summed E-state index contributed by atoms with van der Waals surface area (Å²) >= 11 is 0. The van der Waals surface area contributed by atoms with Gasteiger partial charge in [-0.3, -0.25) is 0 Å². The molecule has 106 valence electrons. The van der Waals surface area contributed by atoms with Crippen molar-refractivity contribution >= 4 is 5.82 Å². The van der Waals surface area contributed by atoms with Crippen LogP contribution in [-0.2, 0) is 0 Å². The molecule has 1 aliphatic carbocycles. The topological polar surface area (TPSA) is 47.0 Å². The van der Waals surface area contributed by atoms with Gasteiger partial charge in [0.2, 0.25) is 5.88 Å². The average molecular weight is 263 g/mol. The molecule has 0 atom stereocenters. The number of hydrogen-bond donors (Lipinski definition) is 1. The number of ether oxygens (including phenoxy) is 1. The molecule has 0 bridgehead atoms. The van der Waals surface area contributed by atoms with Crippen molar-refractivity contribution in [1.82, 2.24) is 9.97 Å². The fraction of sp³-hybridized carbons (Fsp3) is 0.733. The quantitative estimate of drug-likeness (QED) is 0.902. The van der Waals surface area contributed by atoms with E-state index in [4.69, 9.17) is 4.74 Å². The number of aromatic nitrogens is 2. The van der Waals surface area contributed by atoms with Crippen LogP contribution in [0, 0.1) is 12.3 Å². The Bertz CT molecular complexity index is 421. The molecule has 2 rings (SSSR count). The summed E-state index contributed by atoms with van der Waals surface area (Å²) < 4.78 is 6.08. The molecule has 1 aromatic heterocycles. The van der Waals surface area contributed by atoms with E-state index in [1.807, 2.05) is 6.92 Å². The summed E-state index contributed by atoms with van der Waals surface area (Å²) in [6, 6.07) is 0. The van der Waals surface area contributed by atoms with Crippen molar-refractivity contribution in [1.29, 1.82) is 0 Å². The molecule has 1 saturated carbocycles. The maximum absolute atomic E-state index is 6.08. The van der Waals surface area contributed by atoms with Gasteiger partial charge in [-0.2, -0.15) is 0 Å². The minimum Gasteiger partial charge on any atom is -0.474 e. The Morgan fingerprint density at radius 1 is 1.32 bits per heavy atom. The van der Waals surface area contributed by atoms with Gasteiger partial charge in [0.05, 0.1) is 5.56 Å². The van der Waals surface area contributed by atoms with E-state index in [2.05, 4.69) is 36.1 Å². The summed E-state index contributed by atoms with van der Waals surface area (Å²) in [6.07, 6.45) is 6.56. The standard InChI is InChI=1S/C15H25N3O/c1-5-16-13-11(2)14(18-10-17-13)19-12-6-8-15(3,4)9-7-12/h10,12H,5-9H2,1-4H3,(H,16,17,18). The summed E-state index contributed by atoms with van der Waals surface area (Å²) in [5.41, 5.74) is 1.48. The fourth-order valence-electron chi connectivity index (χ4n) is 2.55. The zero-order chi connectivity index (χ0) is 13.9. The van der Waals surface area contributed by atoms with Crippen LogP contribution in [0.1, 0.15) is 52.0 Å². The average Bonchev–Trinajstić information content (AvgIpc) is 2.37. The predicted octanol–water partition coefficient (Wildman–Crippen LogP) is 3.56. The molecule has 0 radical (unpaired) electrons. The Labute approximate surface area is 116 Å². The monoisotopic (exact) mass is 263 g/mol. The van der Waals surface area contributed by atoms with Crippen LogP contribution >= 0.6 is 0 Å². The van der Waals surface area contributed by atoms with Crippen molar-refractivity contribution in [3.05, 3.63) is 11.9 Å². The fourth-order valence-corrected chi connectivity index (χ4v) is 2.55. The van der Waals surface area contributed by atoms with E-state index in [1.165, 1.54) is 12.8 Å². The maximum atomic E-state index is 6.08. The summed E-state index contributed by atoms with van der Waals surface area (Å²) in [5, 5.41) is 3.24. The minimum absolute atomic E-state index is 0.302. The van der Waals surface area contributed by atoms with Crippen LogP contribution in [0.2, 0.25) is 0 Å². The SMILES string of the molecule is CCNc1ncnc(OC2CCC(C)(C)CC2)c1C. The van der Waals surface area contributed by atoms with Gasteiger partial charge in [0.15, 0.2) is 0 Å². The Hall–Kier alpha value is -1.32. The van der Waals surface area contributed by atoms with Gasteiger partial charge in [-0.25, -0.2) is 9.97 Å². The van der Waals surface area contributed by atoms with E-state index in [9.17, 15) is 0 Å². The van der Waals surface area contributed by atoms with Crippen molar-refractivity contribution in [2.75, 3.05) is 11.9 Å². The molecule has 0 saturated heterocycles. The summed E-state index contributed by atoms with van der Waals surface area (Å²) in [4.78, 5) is 8.52. The Kier molecular flexibility index (Phi) is 4.27. The zero-order valence-electron chi connectivity index (χ0n) is 12.5. The molecule has 19 heavy (non-hydrogen) atoms. The van der Waals surface area contributed by atoms with Crippen molar-refractivity contribution < 1.29 is 4.74 Å². The Morgan fingerprint density at radius 3 is 2.63 bits per heavy atom. The van der Waals surface area contributed by atoms with Crippen LogP contribution in [0.5, 0.6) is 5.88 Å². The van der Waals surface area contributed by atoms with Gasteiger partial charge >= 0.3 is 0 Å². The number of nitrogens with one attached hydrogen (secondary N) is 1. The van der Waals surface area contributed by atoms with E-state index in [1.54, 1.807) is 6.33 Å². The first-order chi connectivity index (χ1) is 9.02. The number of nitrogens with zero attached hydrogens (tertiary/aromatic N) is 2. The highest BCUT2D eigenvalue weighted by atomic mass is 16.5. The van der Waals surface area contributed by atoms with Crippen LogP contribution in [0.25, 0.3) is 0 Å². The predicted molar refractivity (Wildman–Crippen MR) is 77.6 cm³/mol. The molecule has 4 heteroatoms. The molecular weight excluding hydrogens is 238 g/mol. The smallest absolute Gasteiger partial charge is 0.221 e. The molecule has 1 heterocycles. The van der Waals surface area contributed by atoms with E-state index >= 15 is 0 Å². The van der Waals surface area contributed by atoms with Crippen LogP contribution in [0.3, 0.4) is 0 Å². The highest BCUT2D eigenvalue weighted by molar-refractivity contribution is 5.47. The lowest BCUT2D eigenvalue weighted by Gasteiger charge is -2.34. The van der Waals surface area contributed by atoms with Gasteiger partial charge in [-0.1, -0.05) is 13.8 Å². The van der Waals surface area contributed by atoms with Gasteiger partial charge in [0, 0.05) is 6.54 Å². The lowest BCUT2D eigenvalue weighted by molar-refractivity contribution is 0.0942. The first kappa shape index (κ1) is 14.1. The van der Waals surface area contributed by atoms with E-state index in [0.29, 0.717) is 11.5 Å². The molecule has 1 aliphatic rings. The number of hydrogen-bond acceptors (Lipinski definition) is 4. The number of rotatable bonds is 4. The highest BCUT2D eigenvalue weighted by Gasteiger charge is 2.28. The molecule has 4 nitrogen and oxygen atoms in total. The first-order valence-electron chi connectivity index (χ1n) is 7.24. The second-order valence-corrected chi connectivity index (χ2v) is 6.16. The zero-order valence-corrected chi connectivity index (χ0v) is 12.5. The lowest BCUT2D eigenvalue weighted by Crippen LogP contribution is -2.28. The second kappa shape index (κ2) is 5.76. The first-order valence-corrected chi connectivity index (χ1v) is 7.24. The molecule has 0 unspecified atom stereocenters. The van der Waals surface area contributed by atoms with Gasteiger partial charge in [0.25, 0.3) is 0 Å². The summed E-state index contributed by atoms with van der Waals surface area (Å²) in [6.45, 7) is 9.60. The maximum Gasteiger partial charge on any atom is 0.221 e. The van der Waals surface area contributed by atoms with Crippen molar-refractivity contribution in [2.45, 2.75) is 59.5 Å². The largest absolute Gasteiger partial charge is 0.474 e. The molecular formula is C15H25N3O. The molecule has 0 aliphatic heterocycles. The summed E-state index contributed by atoms with van der Waals surface area (Å²) in [5.74, 6) is 1.61. The van der Waals surface area contributed by atoms with E-state index in [-0.39, 0.29) is 0 Å². The second-order valence-electron chi connectivity index (χ2n) is 6.16. The van der Waals surface area contributed by atoms with Gasteiger partial charge in [-0.15, -0.1) is 0 Å². The van der Waals surface area contributed by atoms with Crippen molar-refractivity contribution in [3.8, 4) is 5.88 Å². The Balaban J connectivity index is 2.02. The minimum atomic E-state index is 0.302. The molecule has 0 amide bonds. The third kappa shape index (κ3) is 3.58. The van der Waals surface area contributed by atoms with Gasteiger partial charge in [-0.05, 0) is 44.9 Å². The third-order valence-electron chi connectivity index (χ3n) is 3.95. The van der Waals surface area contributed by atoms with Crippen LogP contribution in [0.4, 0.5) is 5.82 Å². The lowest BCUT2D eigenvalue weighted by atomic mass is 9.76. The van der Waals surface area contributed by atoms with Gasteiger partial charge < -0.3 is 10.1 Å². The van der Waals surface area contributed by atoms with Crippen LogP contribution in [0.15, 0.2) is 6.33 Å². The van der Waals surface area contributed by atoms with Crippen LogP contribution < -0.4 is 10.1 Å². The molecule has 1 N–H and O–H groups in total. The van der Waals surface area contributed by atoms with Gasteiger partial charge in [0.1, 0.15) is 18.2 Å². The van der Waals surface area contributed by atoms with Crippen molar-refractivity contribution in [3.63, 3.8) is 0 Å². The van der Waals surface area contributed by atoms with Crippen LogP contribution in [-0.4, -0.2) is 22.6 Å². The van der Waals surface area contributed by atoms with E-state index in [0.717, 1.165) is 36.6 Å². The van der Waals surface area contributed by atoms with E-state index < -0.39 is 0 Å². The molecule has 0 spiro atoms. The summed E-state index contributed by atoms with van der Waals surface area (Å²) in [7, 11) is 0. The third-order valence-corrected chi connectivity index (χ3v) is 3.95. The number of anilines is 1. The molecule has 1 fully saturated rings.